The zero-order valence-corrected chi connectivity index (χ0v) is 9.96. The summed E-state index contributed by atoms with van der Waals surface area (Å²) in [6.45, 7) is 5.88. The maximum atomic E-state index is 11.4. The van der Waals surface area contributed by atoms with Gasteiger partial charge in [-0.25, -0.2) is 4.79 Å². The molecule has 0 heterocycles. The molecule has 0 unspecified atom stereocenters. The van der Waals surface area contributed by atoms with Crippen LogP contribution >= 0.6 is 0 Å². The minimum atomic E-state index is -0.646. The Morgan fingerprint density at radius 2 is 1.62 bits per heavy atom. The molecule has 90 valence electrons. The molecular weight excluding hydrogens is 212 g/mol. The van der Waals surface area contributed by atoms with E-state index in [1.807, 2.05) is 6.92 Å². The van der Waals surface area contributed by atoms with Gasteiger partial charge in [-0.05, 0) is 13.3 Å². The molecule has 0 N–H and O–H groups in total. The van der Waals surface area contributed by atoms with Gasteiger partial charge in [-0.3, -0.25) is 9.59 Å². The standard InChI is InChI=1S/C11H16O5/c1-5-6-15-11(14)7(2)10(8(3)12)16-9(4)13/h5-6H2,1-4H3. The monoisotopic (exact) mass is 228 g/mol. The lowest BCUT2D eigenvalue weighted by atomic mass is 10.2. The second-order valence-electron chi connectivity index (χ2n) is 3.24. The number of carbonyl (C=O) groups is 3. The van der Waals surface area contributed by atoms with Crippen molar-refractivity contribution in [1.82, 2.24) is 0 Å². The molecule has 0 radical (unpaired) electrons. The van der Waals surface area contributed by atoms with Crippen molar-refractivity contribution in [2.24, 2.45) is 0 Å². The van der Waals surface area contributed by atoms with Crippen LogP contribution < -0.4 is 0 Å². The van der Waals surface area contributed by atoms with Crippen molar-refractivity contribution in [2.45, 2.75) is 34.1 Å². The molecule has 5 nitrogen and oxygen atoms in total. The Bertz CT molecular complexity index is 327. The Kier molecular flexibility index (Phi) is 6.07. The van der Waals surface area contributed by atoms with E-state index in [4.69, 9.17) is 4.74 Å². The fourth-order valence-electron chi connectivity index (χ4n) is 0.952. The Balaban J connectivity index is 4.88. The molecule has 0 aromatic carbocycles. The van der Waals surface area contributed by atoms with Crippen LogP contribution in [0.5, 0.6) is 0 Å². The SMILES string of the molecule is CCCOC(=O)C(C)=C(OC(C)=O)C(C)=O. The van der Waals surface area contributed by atoms with Gasteiger partial charge in [-0.1, -0.05) is 6.92 Å². The van der Waals surface area contributed by atoms with E-state index >= 15 is 0 Å². The van der Waals surface area contributed by atoms with Gasteiger partial charge in [-0.2, -0.15) is 0 Å². The Morgan fingerprint density at radius 3 is 2.00 bits per heavy atom. The molecule has 0 aliphatic rings. The van der Waals surface area contributed by atoms with Crippen molar-refractivity contribution < 1.29 is 23.9 Å². The van der Waals surface area contributed by atoms with Gasteiger partial charge in [0.15, 0.2) is 11.5 Å². The molecule has 0 amide bonds. The largest absolute Gasteiger partial charge is 0.462 e. The highest BCUT2D eigenvalue weighted by Gasteiger charge is 2.18. The predicted molar refractivity (Wildman–Crippen MR) is 56.4 cm³/mol. The molecule has 0 aliphatic carbocycles. The second kappa shape index (κ2) is 6.76. The first kappa shape index (κ1) is 14.3. The number of Topliss-reactive ketones (excluding diaryl/α,β-unsaturated/α-hetero) is 1. The van der Waals surface area contributed by atoms with Crippen molar-refractivity contribution in [3.8, 4) is 0 Å². The van der Waals surface area contributed by atoms with E-state index in [1.54, 1.807) is 0 Å². The summed E-state index contributed by atoms with van der Waals surface area (Å²) in [4.78, 5) is 33.3. The summed E-state index contributed by atoms with van der Waals surface area (Å²) in [5, 5.41) is 0. The summed E-state index contributed by atoms with van der Waals surface area (Å²) in [5.41, 5.74) is 0.0103. The molecule has 0 atom stereocenters. The van der Waals surface area contributed by atoms with Gasteiger partial charge in [0.25, 0.3) is 0 Å². The Hall–Kier alpha value is -1.65. The number of allylic oxidation sites excluding steroid dienone is 1. The van der Waals surface area contributed by atoms with Crippen molar-refractivity contribution in [1.29, 1.82) is 0 Å². The first-order valence-corrected chi connectivity index (χ1v) is 4.97. The van der Waals surface area contributed by atoms with Crippen LogP contribution in [0.2, 0.25) is 0 Å². The summed E-state index contributed by atoms with van der Waals surface area (Å²) in [6, 6.07) is 0. The average Bonchev–Trinajstić information content (AvgIpc) is 2.20. The summed E-state index contributed by atoms with van der Waals surface area (Å²) in [7, 11) is 0. The molecule has 0 saturated carbocycles. The van der Waals surface area contributed by atoms with Crippen LogP contribution in [-0.2, 0) is 23.9 Å². The minimum absolute atomic E-state index is 0.0103. The normalized spacial score (nSPS) is 11.5. The maximum absolute atomic E-state index is 11.4. The van der Waals surface area contributed by atoms with E-state index in [-0.39, 0.29) is 17.9 Å². The molecule has 0 aromatic heterocycles. The molecule has 0 saturated heterocycles. The van der Waals surface area contributed by atoms with Crippen LogP contribution in [0.25, 0.3) is 0 Å². The third-order valence-electron chi connectivity index (χ3n) is 1.65. The zero-order valence-electron chi connectivity index (χ0n) is 9.96. The molecule has 0 fully saturated rings. The Morgan fingerprint density at radius 1 is 1.06 bits per heavy atom. The van der Waals surface area contributed by atoms with E-state index in [0.29, 0.717) is 6.42 Å². The van der Waals surface area contributed by atoms with Crippen molar-refractivity contribution >= 4 is 17.7 Å². The van der Waals surface area contributed by atoms with Gasteiger partial charge in [0.05, 0.1) is 12.2 Å². The lowest BCUT2D eigenvalue weighted by Crippen LogP contribution is -2.15. The van der Waals surface area contributed by atoms with E-state index in [2.05, 4.69) is 4.74 Å². The van der Waals surface area contributed by atoms with Crippen molar-refractivity contribution in [3.63, 3.8) is 0 Å². The first-order valence-electron chi connectivity index (χ1n) is 4.97. The summed E-state index contributed by atoms with van der Waals surface area (Å²) in [5.74, 6) is -2.03. The number of ketones is 1. The number of hydrogen-bond donors (Lipinski definition) is 0. The van der Waals surface area contributed by atoms with E-state index in [0.717, 1.165) is 6.92 Å². The molecule has 0 rings (SSSR count). The van der Waals surface area contributed by atoms with Crippen LogP contribution in [-0.4, -0.2) is 24.3 Å². The third-order valence-corrected chi connectivity index (χ3v) is 1.65. The number of rotatable bonds is 5. The van der Waals surface area contributed by atoms with Gasteiger partial charge in [0.2, 0.25) is 0 Å². The van der Waals surface area contributed by atoms with E-state index in [1.165, 1.54) is 13.8 Å². The zero-order chi connectivity index (χ0) is 12.7. The van der Waals surface area contributed by atoms with Crippen molar-refractivity contribution in [3.05, 3.63) is 11.3 Å². The molecule has 16 heavy (non-hydrogen) atoms. The fraction of sp³-hybridized carbons (Fsp3) is 0.545. The fourth-order valence-corrected chi connectivity index (χ4v) is 0.952. The highest BCUT2D eigenvalue weighted by atomic mass is 16.5. The third kappa shape index (κ3) is 4.72. The van der Waals surface area contributed by atoms with Crippen LogP contribution in [0.1, 0.15) is 34.1 Å². The smallest absolute Gasteiger partial charge is 0.337 e. The number of esters is 2. The summed E-state index contributed by atoms with van der Waals surface area (Å²) in [6.07, 6.45) is 0.683. The van der Waals surface area contributed by atoms with Crippen LogP contribution in [0.15, 0.2) is 11.3 Å². The van der Waals surface area contributed by atoms with E-state index < -0.39 is 17.7 Å². The molecular formula is C11H16O5. The lowest BCUT2D eigenvalue weighted by Gasteiger charge is -2.08. The topological polar surface area (TPSA) is 69.7 Å². The quantitative estimate of drug-likeness (QED) is 0.403. The van der Waals surface area contributed by atoms with Gasteiger partial charge in [-0.15, -0.1) is 0 Å². The molecule has 5 heteroatoms. The molecule has 0 bridgehead atoms. The summed E-state index contributed by atoms with van der Waals surface area (Å²) < 4.78 is 9.49. The average molecular weight is 228 g/mol. The van der Waals surface area contributed by atoms with Gasteiger partial charge in [0.1, 0.15) is 0 Å². The van der Waals surface area contributed by atoms with Crippen molar-refractivity contribution in [2.75, 3.05) is 6.61 Å². The van der Waals surface area contributed by atoms with Crippen LogP contribution in [0, 0.1) is 0 Å². The summed E-state index contributed by atoms with van der Waals surface area (Å²) >= 11 is 0. The van der Waals surface area contributed by atoms with Gasteiger partial charge in [0, 0.05) is 13.8 Å². The minimum Gasteiger partial charge on any atom is -0.462 e. The second-order valence-corrected chi connectivity index (χ2v) is 3.24. The molecule has 0 aliphatic heterocycles. The van der Waals surface area contributed by atoms with Gasteiger partial charge < -0.3 is 9.47 Å². The van der Waals surface area contributed by atoms with Crippen LogP contribution in [0.4, 0.5) is 0 Å². The molecule has 0 aromatic rings. The maximum Gasteiger partial charge on any atom is 0.337 e. The molecule has 0 spiro atoms. The highest BCUT2D eigenvalue weighted by molar-refractivity contribution is 6.02. The van der Waals surface area contributed by atoms with Crippen LogP contribution in [0.3, 0.4) is 0 Å². The Labute approximate surface area is 94.4 Å². The lowest BCUT2D eigenvalue weighted by molar-refractivity contribution is -0.142. The van der Waals surface area contributed by atoms with Gasteiger partial charge >= 0.3 is 11.9 Å². The first-order chi connectivity index (χ1) is 7.40. The number of hydrogen-bond acceptors (Lipinski definition) is 5. The number of ether oxygens (including phenoxy) is 2. The number of carbonyl (C=O) groups excluding carboxylic acids is 3. The van der Waals surface area contributed by atoms with E-state index in [9.17, 15) is 14.4 Å². The highest BCUT2D eigenvalue weighted by Crippen LogP contribution is 2.10. The predicted octanol–water partition coefficient (Wildman–Crippen LogP) is 1.37.